The fourth-order valence-corrected chi connectivity index (χ4v) is 3.62. The Labute approximate surface area is 111 Å². The number of likely N-dealkylation sites (tertiary alicyclic amines) is 1. The SMILES string of the molecule is CC(N)C(C)C(=O)N1CCCC2(CCCCC2)C1. The topological polar surface area (TPSA) is 46.3 Å². The van der Waals surface area contributed by atoms with Gasteiger partial charge < -0.3 is 10.6 Å². The normalized spacial score (nSPS) is 26.9. The Morgan fingerprint density at radius 3 is 2.33 bits per heavy atom. The van der Waals surface area contributed by atoms with Crippen LogP contribution in [0.1, 0.15) is 58.8 Å². The van der Waals surface area contributed by atoms with Crippen molar-refractivity contribution in [1.82, 2.24) is 4.90 Å². The number of rotatable bonds is 2. The molecule has 1 aliphatic heterocycles. The molecular weight excluding hydrogens is 224 g/mol. The van der Waals surface area contributed by atoms with E-state index in [-0.39, 0.29) is 17.9 Å². The third-order valence-corrected chi connectivity index (χ3v) is 5.07. The van der Waals surface area contributed by atoms with Crippen molar-refractivity contribution in [1.29, 1.82) is 0 Å². The third-order valence-electron chi connectivity index (χ3n) is 5.07. The largest absolute Gasteiger partial charge is 0.342 e. The Morgan fingerprint density at radius 2 is 1.72 bits per heavy atom. The average molecular weight is 252 g/mol. The van der Waals surface area contributed by atoms with Crippen LogP contribution in [0.2, 0.25) is 0 Å². The van der Waals surface area contributed by atoms with Gasteiger partial charge in [-0.3, -0.25) is 4.79 Å². The molecule has 2 rings (SSSR count). The zero-order valence-electron chi connectivity index (χ0n) is 12.0. The molecule has 0 aromatic carbocycles. The van der Waals surface area contributed by atoms with Crippen molar-refractivity contribution < 1.29 is 4.79 Å². The van der Waals surface area contributed by atoms with Gasteiger partial charge in [0.05, 0.1) is 5.92 Å². The quantitative estimate of drug-likeness (QED) is 0.821. The van der Waals surface area contributed by atoms with Crippen LogP contribution in [0.5, 0.6) is 0 Å². The van der Waals surface area contributed by atoms with Crippen LogP contribution in [0.4, 0.5) is 0 Å². The molecule has 18 heavy (non-hydrogen) atoms. The number of nitrogens with zero attached hydrogens (tertiary/aromatic N) is 1. The summed E-state index contributed by atoms with van der Waals surface area (Å²) < 4.78 is 0. The molecule has 0 aromatic heterocycles. The lowest BCUT2D eigenvalue weighted by Gasteiger charge is -2.46. The molecule has 2 atom stereocenters. The van der Waals surface area contributed by atoms with E-state index in [1.165, 1.54) is 44.9 Å². The zero-order valence-corrected chi connectivity index (χ0v) is 12.0. The maximum atomic E-state index is 12.4. The molecular formula is C15H28N2O. The monoisotopic (exact) mass is 252 g/mol. The molecule has 1 saturated heterocycles. The summed E-state index contributed by atoms with van der Waals surface area (Å²) in [6.45, 7) is 5.83. The van der Waals surface area contributed by atoms with Gasteiger partial charge in [-0.2, -0.15) is 0 Å². The number of hydrogen-bond acceptors (Lipinski definition) is 2. The van der Waals surface area contributed by atoms with E-state index in [0.29, 0.717) is 5.41 Å². The number of carbonyl (C=O) groups is 1. The fraction of sp³-hybridized carbons (Fsp3) is 0.933. The summed E-state index contributed by atoms with van der Waals surface area (Å²) >= 11 is 0. The summed E-state index contributed by atoms with van der Waals surface area (Å²) in [6, 6.07) is -0.0401. The molecule has 3 heteroatoms. The van der Waals surface area contributed by atoms with Gasteiger partial charge in [0.25, 0.3) is 0 Å². The smallest absolute Gasteiger partial charge is 0.226 e. The first-order chi connectivity index (χ1) is 8.54. The van der Waals surface area contributed by atoms with Crippen molar-refractivity contribution in [2.24, 2.45) is 17.1 Å². The molecule has 1 heterocycles. The lowest BCUT2D eigenvalue weighted by molar-refractivity contribution is -0.139. The van der Waals surface area contributed by atoms with Crippen LogP contribution in [0.15, 0.2) is 0 Å². The van der Waals surface area contributed by atoms with Gasteiger partial charge in [-0.05, 0) is 38.0 Å². The highest BCUT2D eigenvalue weighted by Crippen LogP contribution is 2.43. The van der Waals surface area contributed by atoms with Crippen LogP contribution < -0.4 is 5.73 Å². The highest BCUT2D eigenvalue weighted by atomic mass is 16.2. The molecule has 104 valence electrons. The number of hydrogen-bond donors (Lipinski definition) is 1. The summed E-state index contributed by atoms with van der Waals surface area (Å²) in [5.41, 5.74) is 6.31. The highest BCUT2D eigenvalue weighted by molar-refractivity contribution is 5.79. The van der Waals surface area contributed by atoms with Crippen LogP contribution in [0.3, 0.4) is 0 Å². The van der Waals surface area contributed by atoms with Crippen molar-refractivity contribution in [2.75, 3.05) is 13.1 Å². The van der Waals surface area contributed by atoms with E-state index in [9.17, 15) is 4.79 Å². The number of nitrogens with two attached hydrogens (primary N) is 1. The van der Waals surface area contributed by atoms with Crippen LogP contribution in [0.25, 0.3) is 0 Å². The van der Waals surface area contributed by atoms with Crippen molar-refractivity contribution in [3.05, 3.63) is 0 Å². The van der Waals surface area contributed by atoms with E-state index in [1.54, 1.807) is 0 Å². The Morgan fingerprint density at radius 1 is 1.11 bits per heavy atom. The molecule has 2 aliphatic rings. The van der Waals surface area contributed by atoms with Gasteiger partial charge in [0.1, 0.15) is 0 Å². The Hall–Kier alpha value is -0.570. The van der Waals surface area contributed by atoms with E-state index in [2.05, 4.69) is 4.90 Å². The molecule has 0 bridgehead atoms. The van der Waals surface area contributed by atoms with Gasteiger partial charge in [0, 0.05) is 19.1 Å². The first-order valence-corrected chi connectivity index (χ1v) is 7.58. The summed E-state index contributed by atoms with van der Waals surface area (Å²) in [7, 11) is 0. The second kappa shape index (κ2) is 5.60. The van der Waals surface area contributed by atoms with E-state index < -0.39 is 0 Å². The molecule has 1 amide bonds. The molecule has 2 unspecified atom stereocenters. The maximum absolute atomic E-state index is 12.4. The molecule has 1 spiro atoms. The third kappa shape index (κ3) is 2.87. The van der Waals surface area contributed by atoms with Crippen molar-refractivity contribution >= 4 is 5.91 Å². The lowest BCUT2D eigenvalue weighted by Crippen LogP contribution is -2.50. The molecule has 1 aliphatic carbocycles. The van der Waals surface area contributed by atoms with Crippen LogP contribution in [-0.4, -0.2) is 29.9 Å². The minimum Gasteiger partial charge on any atom is -0.342 e. The fourth-order valence-electron chi connectivity index (χ4n) is 3.62. The predicted octanol–water partition coefficient (Wildman–Crippen LogP) is 2.54. The average Bonchev–Trinajstić information content (AvgIpc) is 2.38. The van der Waals surface area contributed by atoms with E-state index in [4.69, 9.17) is 5.73 Å². The molecule has 2 fully saturated rings. The summed E-state index contributed by atoms with van der Waals surface area (Å²) in [5.74, 6) is 0.235. The predicted molar refractivity (Wildman–Crippen MR) is 74.1 cm³/mol. The summed E-state index contributed by atoms with van der Waals surface area (Å²) in [5, 5.41) is 0. The second-order valence-corrected chi connectivity index (χ2v) is 6.57. The first-order valence-electron chi connectivity index (χ1n) is 7.58. The summed E-state index contributed by atoms with van der Waals surface area (Å²) in [6.07, 6.45) is 9.23. The lowest BCUT2D eigenvalue weighted by atomic mass is 9.69. The van der Waals surface area contributed by atoms with Crippen molar-refractivity contribution in [2.45, 2.75) is 64.8 Å². The molecule has 3 nitrogen and oxygen atoms in total. The van der Waals surface area contributed by atoms with Gasteiger partial charge in [-0.25, -0.2) is 0 Å². The van der Waals surface area contributed by atoms with Crippen molar-refractivity contribution in [3.63, 3.8) is 0 Å². The van der Waals surface area contributed by atoms with Crippen LogP contribution in [0, 0.1) is 11.3 Å². The molecule has 2 N–H and O–H groups in total. The molecule has 0 aromatic rings. The van der Waals surface area contributed by atoms with Gasteiger partial charge in [-0.1, -0.05) is 26.2 Å². The van der Waals surface area contributed by atoms with Gasteiger partial charge in [-0.15, -0.1) is 0 Å². The highest BCUT2D eigenvalue weighted by Gasteiger charge is 2.38. The number of carbonyl (C=O) groups excluding carboxylic acids is 1. The zero-order chi connectivity index (χ0) is 13.2. The minimum atomic E-state index is -0.0401. The molecule has 0 radical (unpaired) electrons. The first kappa shape index (κ1) is 13.9. The van der Waals surface area contributed by atoms with Crippen molar-refractivity contribution in [3.8, 4) is 0 Å². The van der Waals surface area contributed by atoms with Gasteiger partial charge >= 0.3 is 0 Å². The standard InChI is InChI=1S/C15H28N2O/c1-12(13(2)16)14(18)17-10-6-9-15(11-17)7-4-3-5-8-15/h12-13H,3-11,16H2,1-2H3. The Balaban J connectivity index is 1.99. The maximum Gasteiger partial charge on any atom is 0.226 e. The van der Waals surface area contributed by atoms with E-state index in [0.717, 1.165) is 13.1 Å². The number of piperidine rings is 1. The van der Waals surface area contributed by atoms with E-state index in [1.807, 2.05) is 13.8 Å². The molecule has 1 saturated carbocycles. The Kier molecular flexibility index (Phi) is 4.31. The van der Waals surface area contributed by atoms with Crippen LogP contribution in [-0.2, 0) is 4.79 Å². The van der Waals surface area contributed by atoms with Crippen LogP contribution >= 0.6 is 0 Å². The second-order valence-electron chi connectivity index (χ2n) is 6.57. The van der Waals surface area contributed by atoms with E-state index >= 15 is 0 Å². The number of amides is 1. The Bertz CT molecular complexity index is 289. The van der Waals surface area contributed by atoms with Gasteiger partial charge in [0.2, 0.25) is 5.91 Å². The summed E-state index contributed by atoms with van der Waals surface area (Å²) in [4.78, 5) is 14.5. The minimum absolute atomic E-state index is 0.0382. The van der Waals surface area contributed by atoms with Gasteiger partial charge in [0.15, 0.2) is 0 Å².